The Balaban J connectivity index is 1.80. The van der Waals surface area contributed by atoms with Gasteiger partial charge in [0.15, 0.2) is 0 Å². The fourth-order valence-corrected chi connectivity index (χ4v) is 7.18. The molecule has 4 rings (SSSR count). The van der Waals surface area contributed by atoms with E-state index in [2.05, 4.69) is 27.7 Å². The number of allylic oxidation sites excluding steroid dienone is 1. The Morgan fingerprint density at radius 1 is 1.04 bits per heavy atom. The molecule has 0 spiro atoms. The zero-order chi connectivity index (χ0) is 16.6. The molecule has 0 aliphatic heterocycles. The van der Waals surface area contributed by atoms with E-state index < -0.39 is 0 Å². The molecule has 0 aromatic carbocycles. The number of hydrogen-bond donors (Lipinski definition) is 1. The molecule has 0 unspecified atom stereocenters. The smallest absolute Gasteiger partial charge is 0.139 e. The fraction of sp³-hybridized carbons (Fsp3) is 0.857. The normalized spacial score (nSPS) is 52.9. The molecule has 1 N–H and O–H groups in total. The topological polar surface area (TPSA) is 37.3 Å². The van der Waals surface area contributed by atoms with E-state index in [-0.39, 0.29) is 16.9 Å². The van der Waals surface area contributed by atoms with Crippen molar-refractivity contribution in [2.75, 3.05) is 0 Å². The van der Waals surface area contributed by atoms with E-state index in [1.54, 1.807) is 5.57 Å². The Bertz CT molecular complexity index is 576. The highest BCUT2D eigenvalue weighted by Gasteiger charge is 2.60. The van der Waals surface area contributed by atoms with Crippen LogP contribution >= 0.6 is 0 Å². The zero-order valence-electron chi connectivity index (χ0n) is 15.2. The van der Waals surface area contributed by atoms with Gasteiger partial charge in [-0.05, 0) is 74.5 Å². The van der Waals surface area contributed by atoms with Crippen molar-refractivity contribution in [1.29, 1.82) is 0 Å². The highest BCUT2D eigenvalue weighted by molar-refractivity contribution is 5.87. The lowest BCUT2D eigenvalue weighted by Crippen LogP contribution is -2.53. The Morgan fingerprint density at radius 3 is 2.43 bits per heavy atom. The van der Waals surface area contributed by atoms with Gasteiger partial charge in [-0.25, -0.2) is 0 Å². The third kappa shape index (κ3) is 1.94. The summed E-state index contributed by atoms with van der Waals surface area (Å²) in [6, 6.07) is 0. The lowest BCUT2D eigenvalue weighted by atomic mass is 9.45. The second-order valence-corrected chi connectivity index (χ2v) is 9.47. The van der Waals surface area contributed by atoms with Gasteiger partial charge in [0.1, 0.15) is 5.78 Å². The van der Waals surface area contributed by atoms with Crippen LogP contribution in [-0.4, -0.2) is 17.0 Å². The van der Waals surface area contributed by atoms with Gasteiger partial charge >= 0.3 is 0 Å². The summed E-state index contributed by atoms with van der Waals surface area (Å²) in [6.07, 6.45) is 7.05. The molecule has 0 saturated heterocycles. The van der Waals surface area contributed by atoms with Gasteiger partial charge in [-0.3, -0.25) is 4.79 Å². The molecule has 3 saturated carbocycles. The Labute approximate surface area is 140 Å². The van der Waals surface area contributed by atoms with Crippen molar-refractivity contribution >= 4 is 5.78 Å². The molecule has 4 aliphatic carbocycles. The Kier molecular flexibility index (Phi) is 3.41. The molecule has 0 aromatic heterocycles. The summed E-state index contributed by atoms with van der Waals surface area (Å²) in [5, 5.41) is 10.2. The molecule has 0 heterocycles. The first-order chi connectivity index (χ1) is 10.8. The fourth-order valence-electron chi connectivity index (χ4n) is 7.18. The summed E-state index contributed by atoms with van der Waals surface area (Å²) in [6.45, 7) is 9.45. The second kappa shape index (κ2) is 4.94. The number of hydrogen-bond acceptors (Lipinski definition) is 2. The van der Waals surface area contributed by atoms with E-state index in [4.69, 9.17) is 0 Å². The third-order valence-electron chi connectivity index (χ3n) is 8.72. The van der Waals surface area contributed by atoms with Crippen LogP contribution in [-0.2, 0) is 4.79 Å². The number of aliphatic hydroxyl groups is 1. The van der Waals surface area contributed by atoms with Crippen LogP contribution in [0, 0.1) is 34.5 Å². The van der Waals surface area contributed by atoms with Crippen LogP contribution in [0.4, 0.5) is 0 Å². The Hall–Kier alpha value is -0.630. The summed E-state index contributed by atoms with van der Waals surface area (Å²) in [7, 11) is 0. The van der Waals surface area contributed by atoms with Gasteiger partial charge in [0, 0.05) is 11.8 Å². The van der Waals surface area contributed by atoms with Crippen LogP contribution < -0.4 is 0 Å². The number of carbonyl (C=O) groups excluding carboxylic acids is 1. The average molecular weight is 316 g/mol. The first kappa shape index (κ1) is 15.9. The molecule has 0 radical (unpaired) electrons. The predicted octanol–water partition coefficient (Wildman–Crippen LogP) is 4.52. The van der Waals surface area contributed by atoms with E-state index in [1.807, 2.05) is 0 Å². The van der Waals surface area contributed by atoms with Crippen LogP contribution in [0.1, 0.15) is 72.6 Å². The van der Waals surface area contributed by atoms with Crippen LogP contribution in [0.2, 0.25) is 0 Å². The van der Waals surface area contributed by atoms with Crippen LogP contribution in [0.25, 0.3) is 0 Å². The summed E-state index contributed by atoms with van der Waals surface area (Å²) < 4.78 is 0. The molecule has 23 heavy (non-hydrogen) atoms. The summed E-state index contributed by atoms with van der Waals surface area (Å²) in [5.74, 6) is 3.08. The van der Waals surface area contributed by atoms with Crippen molar-refractivity contribution < 1.29 is 9.90 Å². The summed E-state index contributed by atoms with van der Waals surface area (Å²) >= 11 is 0. The molecule has 7 atom stereocenters. The Morgan fingerprint density at radius 2 is 1.70 bits per heavy atom. The maximum Gasteiger partial charge on any atom is 0.139 e. The molecule has 0 amide bonds. The second-order valence-electron chi connectivity index (χ2n) is 9.47. The van der Waals surface area contributed by atoms with Gasteiger partial charge < -0.3 is 5.11 Å². The molecule has 3 fully saturated rings. The van der Waals surface area contributed by atoms with E-state index in [9.17, 15) is 9.90 Å². The van der Waals surface area contributed by atoms with Crippen LogP contribution in [0.5, 0.6) is 0 Å². The molecule has 2 nitrogen and oxygen atoms in total. The lowest BCUT2D eigenvalue weighted by Gasteiger charge is -2.60. The highest BCUT2D eigenvalue weighted by Crippen LogP contribution is 2.66. The van der Waals surface area contributed by atoms with Crippen molar-refractivity contribution in [3.8, 4) is 0 Å². The van der Waals surface area contributed by atoms with Crippen molar-refractivity contribution in [3.05, 3.63) is 11.1 Å². The molecule has 4 aliphatic rings. The highest BCUT2D eigenvalue weighted by atomic mass is 16.3. The first-order valence-corrected chi connectivity index (χ1v) is 9.70. The van der Waals surface area contributed by atoms with Gasteiger partial charge in [-0.2, -0.15) is 0 Å². The maximum atomic E-state index is 12.6. The van der Waals surface area contributed by atoms with E-state index >= 15 is 0 Å². The minimum Gasteiger partial charge on any atom is -0.393 e. The molecular formula is C21H32O2. The first-order valence-electron chi connectivity index (χ1n) is 9.70. The number of carbonyl (C=O) groups is 1. The molecule has 2 heteroatoms. The summed E-state index contributed by atoms with van der Waals surface area (Å²) in [5.41, 5.74) is 3.33. The van der Waals surface area contributed by atoms with Crippen molar-refractivity contribution in [3.63, 3.8) is 0 Å². The van der Waals surface area contributed by atoms with Crippen molar-refractivity contribution in [2.45, 2.75) is 78.7 Å². The number of aliphatic hydroxyl groups excluding tert-OH is 1. The predicted molar refractivity (Wildman–Crippen MR) is 91.9 cm³/mol. The SMILES string of the molecule is CC1=C2C[C@@H](O)CC[C@]2(C)[C@H]2CC[C@]3(C)C(=O)CC[C@H]3[C@@H]2[C@@H]1C. The van der Waals surface area contributed by atoms with Gasteiger partial charge in [0.25, 0.3) is 0 Å². The molecule has 0 aromatic rings. The van der Waals surface area contributed by atoms with Crippen LogP contribution in [0.3, 0.4) is 0 Å². The minimum absolute atomic E-state index is 0.0439. The largest absolute Gasteiger partial charge is 0.393 e. The number of ketones is 1. The molecular weight excluding hydrogens is 284 g/mol. The third-order valence-corrected chi connectivity index (χ3v) is 8.72. The zero-order valence-corrected chi connectivity index (χ0v) is 15.2. The maximum absolute atomic E-state index is 12.6. The van der Waals surface area contributed by atoms with E-state index in [0.29, 0.717) is 29.5 Å². The standard InChI is InChI=1S/C21H32O2/c1-12-13(2)19-15-5-6-18(23)21(15,4)10-8-16(19)20(3)9-7-14(22)11-17(12)20/h13-16,19,22H,5-11H2,1-4H3/t13-,14+,15+,16+,19+,20-,21+/m1/s1. The number of fused-ring (bicyclic) bond motifs is 5. The quantitative estimate of drug-likeness (QED) is 0.667. The van der Waals surface area contributed by atoms with Crippen LogP contribution in [0.15, 0.2) is 11.1 Å². The van der Waals surface area contributed by atoms with Gasteiger partial charge in [0.05, 0.1) is 6.10 Å². The van der Waals surface area contributed by atoms with Gasteiger partial charge in [-0.15, -0.1) is 0 Å². The van der Waals surface area contributed by atoms with E-state index in [1.165, 1.54) is 12.0 Å². The molecule has 128 valence electrons. The lowest BCUT2D eigenvalue weighted by molar-refractivity contribution is -0.133. The number of Topliss-reactive ketones (excluding diaryl/α,β-unsaturated/α-hetero) is 1. The van der Waals surface area contributed by atoms with Gasteiger partial charge in [0.2, 0.25) is 0 Å². The molecule has 0 bridgehead atoms. The van der Waals surface area contributed by atoms with Crippen molar-refractivity contribution in [1.82, 2.24) is 0 Å². The monoisotopic (exact) mass is 316 g/mol. The minimum atomic E-state index is -0.140. The van der Waals surface area contributed by atoms with Gasteiger partial charge in [-0.1, -0.05) is 31.9 Å². The average Bonchev–Trinajstić information content (AvgIpc) is 2.82. The van der Waals surface area contributed by atoms with E-state index in [0.717, 1.165) is 38.5 Å². The number of rotatable bonds is 0. The summed E-state index contributed by atoms with van der Waals surface area (Å²) in [4.78, 5) is 12.6. The van der Waals surface area contributed by atoms with Crippen molar-refractivity contribution in [2.24, 2.45) is 34.5 Å².